The molecule has 2 heterocycles. The minimum atomic E-state index is -4.68. The van der Waals surface area contributed by atoms with Crippen LogP contribution in [0.5, 0.6) is 0 Å². The molecule has 242 valence electrons. The number of alkyl halides is 3. The predicted molar refractivity (Wildman–Crippen MR) is 195 cm³/mol. The molecule has 0 aliphatic rings. The van der Waals surface area contributed by atoms with Crippen LogP contribution in [0.15, 0.2) is 103 Å². The molecule has 0 aliphatic heterocycles. The van der Waals surface area contributed by atoms with Crippen LogP contribution in [0.3, 0.4) is 0 Å². The zero-order valence-corrected chi connectivity index (χ0v) is 27.7. The third-order valence-electron chi connectivity index (χ3n) is 9.76. The molecule has 0 saturated heterocycles. The molecule has 0 aliphatic carbocycles. The summed E-state index contributed by atoms with van der Waals surface area (Å²) in [6, 6.07) is 34.1. The molecule has 0 fully saturated rings. The van der Waals surface area contributed by atoms with Crippen molar-refractivity contribution in [2.75, 3.05) is 0 Å². The number of aryl methyl sites for hydroxylation is 4. The van der Waals surface area contributed by atoms with Crippen molar-refractivity contribution < 1.29 is 13.2 Å². The number of fused-ring (bicyclic) bond motifs is 6. The maximum atomic E-state index is 14.2. The molecule has 2 aromatic heterocycles. The molecule has 0 N–H and O–H groups in total. The van der Waals surface area contributed by atoms with Crippen molar-refractivity contribution >= 4 is 49.3 Å². The van der Waals surface area contributed by atoms with Crippen LogP contribution in [0.2, 0.25) is 0 Å². The predicted octanol–water partition coefficient (Wildman–Crippen LogP) is 12.2. The number of hydrogen-bond donors (Lipinski definition) is 0. The second-order valence-corrected chi connectivity index (χ2v) is 13.0. The lowest BCUT2D eigenvalue weighted by atomic mass is 9.95. The standard InChI is InChI=1S/C43H29F3N4/c1-24-15-16-32-33-12-6-9-25(2)40(33)49(37(32)17-24)39-22-36(28-18-30(43(44,45)46)21-31(19-28)48-5)29(23-47)20-38(39)50-41-26(3)10-7-13-34(41)35-14-8-11-27(4)42(35)50/h6-22H,1-4H3. The van der Waals surface area contributed by atoms with E-state index in [0.717, 1.165) is 83.7 Å². The lowest BCUT2D eigenvalue weighted by molar-refractivity contribution is -0.137. The lowest BCUT2D eigenvalue weighted by Gasteiger charge is -2.21. The van der Waals surface area contributed by atoms with E-state index in [-0.39, 0.29) is 16.8 Å². The molecule has 0 amide bonds. The molecule has 0 unspecified atom stereocenters. The van der Waals surface area contributed by atoms with Crippen molar-refractivity contribution in [2.45, 2.75) is 33.9 Å². The van der Waals surface area contributed by atoms with Gasteiger partial charge in [-0.2, -0.15) is 18.4 Å². The van der Waals surface area contributed by atoms with Crippen LogP contribution < -0.4 is 0 Å². The molecule has 0 bridgehead atoms. The van der Waals surface area contributed by atoms with Crippen LogP contribution in [0.1, 0.15) is 33.4 Å². The first-order valence-electron chi connectivity index (χ1n) is 16.2. The third-order valence-corrected chi connectivity index (χ3v) is 9.76. The zero-order valence-electron chi connectivity index (χ0n) is 27.7. The van der Waals surface area contributed by atoms with Crippen LogP contribution >= 0.6 is 0 Å². The van der Waals surface area contributed by atoms with E-state index < -0.39 is 11.7 Å². The first kappa shape index (κ1) is 31.0. The summed E-state index contributed by atoms with van der Waals surface area (Å²) < 4.78 is 46.9. The van der Waals surface area contributed by atoms with Gasteiger partial charge in [0.05, 0.1) is 51.6 Å². The second kappa shape index (κ2) is 11.1. The van der Waals surface area contributed by atoms with Gasteiger partial charge < -0.3 is 9.13 Å². The molecular formula is C43H29F3N4. The fourth-order valence-corrected chi connectivity index (χ4v) is 7.56. The van der Waals surface area contributed by atoms with Gasteiger partial charge >= 0.3 is 6.18 Å². The molecule has 8 rings (SSSR count). The maximum absolute atomic E-state index is 14.2. The van der Waals surface area contributed by atoms with Crippen LogP contribution in [0.4, 0.5) is 18.9 Å². The Balaban J connectivity index is 1.62. The molecule has 8 aromatic rings. The molecule has 0 radical (unpaired) electrons. The number of nitriles is 1. The van der Waals surface area contributed by atoms with Gasteiger partial charge in [-0.25, -0.2) is 4.85 Å². The molecule has 0 atom stereocenters. The highest BCUT2D eigenvalue weighted by molar-refractivity contribution is 6.13. The van der Waals surface area contributed by atoms with E-state index in [1.807, 2.05) is 31.2 Å². The average molecular weight is 659 g/mol. The Morgan fingerprint density at radius 1 is 0.640 bits per heavy atom. The third kappa shape index (κ3) is 4.59. The summed E-state index contributed by atoms with van der Waals surface area (Å²) in [6.07, 6.45) is -4.68. The first-order valence-corrected chi connectivity index (χ1v) is 16.2. The van der Waals surface area contributed by atoms with E-state index in [2.05, 4.69) is 95.4 Å². The molecular weight excluding hydrogens is 629 g/mol. The Bertz CT molecular complexity index is 2760. The van der Waals surface area contributed by atoms with Gasteiger partial charge in [0.15, 0.2) is 5.69 Å². The minimum absolute atomic E-state index is 0.151. The quantitative estimate of drug-likeness (QED) is 0.174. The summed E-state index contributed by atoms with van der Waals surface area (Å²) in [5, 5.41) is 14.9. The smallest absolute Gasteiger partial charge is 0.307 e. The average Bonchev–Trinajstić information content (AvgIpc) is 3.62. The number of benzene rings is 6. The molecule has 7 heteroatoms. The Labute approximate surface area is 286 Å². The number of halogens is 3. The van der Waals surface area contributed by atoms with E-state index in [9.17, 15) is 18.4 Å². The van der Waals surface area contributed by atoms with E-state index >= 15 is 0 Å². The van der Waals surface area contributed by atoms with Crippen molar-refractivity contribution in [2.24, 2.45) is 0 Å². The van der Waals surface area contributed by atoms with Crippen molar-refractivity contribution in [1.82, 2.24) is 9.13 Å². The van der Waals surface area contributed by atoms with Crippen molar-refractivity contribution in [3.05, 3.63) is 148 Å². The van der Waals surface area contributed by atoms with Gasteiger partial charge in [-0.1, -0.05) is 66.7 Å². The highest BCUT2D eigenvalue weighted by Gasteiger charge is 2.32. The van der Waals surface area contributed by atoms with Gasteiger partial charge in [0.1, 0.15) is 0 Å². The molecule has 0 saturated carbocycles. The molecule has 4 nitrogen and oxygen atoms in total. The van der Waals surface area contributed by atoms with Crippen LogP contribution in [-0.4, -0.2) is 9.13 Å². The monoisotopic (exact) mass is 658 g/mol. The largest absolute Gasteiger partial charge is 0.415 e. The fraction of sp³-hybridized carbons (Fsp3) is 0.116. The van der Waals surface area contributed by atoms with Crippen LogP contribution in [0, 0.1) is 45.6 Å². The van der Waals surface area contributed by atoms with Gasteiger partial charge in [-0.15, -0.1) is 0 Å². The topological polar surface area (TPSA) is 38.0 Å². The fourth-order valence-electron chi connectivity index (χ4n) is 7.56. The van der Waals surface area contributed by atoms with Crippen molar-refractivity contribution in [3.63, 3.8) is 0 Å². The SMILES string of the molecule is [C-]#[N+]c1cc(-c2cc(-n3c4cc(C)ccc4c4cccc(C)c43)c(-n3c4c(C)cccc4c4cccc(C)c43)cc2C#N)cc(C(F)(F)F)c1. The maximum Gasteiger partial charge on any atom is 0.415 e. The Morgan fingerprint density at radius 3 is 1.76 bits per heavy atom. The zero-order chi connectivity index (χ0) is 35.1. The molecule has 0 spiro atoms. The Kier molecular flexibility index (Phi) is 6.89. The Morgan fingerprint density at radius 2 is 1.20 bits per heavy atom. The number of hydrogen-bond acceptors (Lipinski definition) is 1. The highest BCUT2D eigenvalue weighted by atomic mass is 19.4. The van der Waals surface area contributed by atoms with Gasteiger partial charge in [0, 0.05) is 32.7 Å². The summed E-state index contributed by atoms with van der Waals surface area (Å²) in [7, 11) is 0. The minimum Gasteiger partial charge on any atom is -0.307 e. The normalized spacial score (nSPS) is 11.9. The van der Waals surface area contributed by atoms with Crippen molar-refractivity contribution in [3.8, 4) is 28.6 Å². The number of para-hydroxylation sites is 3. The van der Waals surface area contributed by atoms with Gasteiger partial charge in [-0.3, -0.25) is 0 Å². The molecule has 6 aromatic carbocycles. The number of aromatic nitrogens is 2. The Hall–Kier alpha value is -6.31. The summed E-state index contributed by atoms with van der Waals surface area (Å²) in [4.78, 5) is 3.37. The number of nitrogens with zero attached hydrogens (tertiary/aromatic N) is 4. The van der Waals surface area contributed by atoms with E-state index in [1.165, 1.54) is 6.07 Å². The molecule has 50 heavy (non-hydrogen) atoms. The highest BCUT2D eigenvalue weighted by Crippen LogP contribution is 2.44. The first-order chi connectivity index (χ1) is 24.0. The summed E-state index contributed by atoms with van der Waals surface area (Å²) in [5.74, 6) is 0. The van der Waals surface area contributed by atoms with E-state index in [4.69, 9.17) is 6.57 Å². The summed E-state index contributed by atoms with van der Waals surface area (Å²) in [5.41, 5.74) is 9.02. The van der Waals surface area contributed by atoms with Gasteiger partial charge in [0.2, 0.25) is 0 Å². The van der Waals surface area contributed by atoms with Gasteiger partial charge in [0.25, 0.3) is 0 Å². The second-order valence-electron chi connectivity index (χ2n) is 13.0. The van der Waals surface area contributed by atoms with E-state index in [1.54, 1.807) is 6.07 Å². The summed E-state index contributed by atoms with van der Waals surface area (Å²) >= 11 is 0. The summed E-state index contributed by atoms with van der Waals surface area (Å²) in [6.45, 7) is 15.8. The number of rotatable bonds is 3. The lowest BCUT2D eigenvalue weighted by Crippen LogP contribution is -2.07. The van der Waals surface area contributed by atoms with Gasteiger partial charge in [-0.05, 0) is 91.9 Å². The van der Waals surface area contributed by atoms with Crippen LogP contribution in [-0.2, 0) is 6.18 Å². The van der Waals surface area contributed by atoms with E-state index in [0.29, 0.717) is 11.3 Å². The van der Waals surface area contributed by atoms with Crippen LogP contribution in [0.25, 0.3) is 71.0 Å². The van der Waals surface area contributed by atoms with Crippen molar-refractivity contribution in [1.29, 1.82) is 5.26 Å².